The lowest BCUT2D eigenvalue weighted by atomic mass is 9.33. The van der Waals surface area contributed by atoms with Gasteiger partial charge in [-0.2, -0.15) is 0 Å². The molecule has 0 N–H and O–H groups in total. The van der Waals surface area contributed by atoms with Gasteiger partial charge in [-0.15, -0.1) is 0 Å². The van der Waals surface area contributed by atoms with Crippen molar-refractivity contribution < 1.29 is 0 Å². The molecule has 0 fully saturated rings. The molecule has 0 aliphatic carbocycles. The molecule has 2 nitrogen and oxygen atoms in total. The van der Waals surface area contributed by atoms with E-state index >= 15 is 0 Å². The van der Waals surface area contributed by atoms with Gasteiger partial charge >= 0.3 is 0 Å². The Morgan fingerprint density at radius 2 is 0.624 bits per heavy atom. The molecule has 3 heteroatoms. The van der Waals surface area contributed by atoms with Gasteiger partial charge in [0.25, 0.3) is 6.71 Å². The van der Waals surface area contributed by atoms with Crippen molar-refractivity contribution in [2.45, 2.75) is 183 Å². The lowest BCUT2D eigenvalue weighted by molar-refractivity contribution is 0.568. The molecule has 0 saturated heterocycles. The first-order chi connectivity index (χ1) is 39.6. The van der Waals surface area contributed by atoms with Crippen LogP contribution in [0, 0.1) is 0 Å². The minimum Gasteiger partial charge on any atom is -0.311 e. The van der Waals surface area contributed by atoms with Gasteiger partial charge in [0.15, 0.2) is 0 Å². The molecule has 0 radical (unpaired) electrons. The summed E-state index contributed by atoms with van der Waals surface area (Å²) >= 11 is 0. The van der Waals surface area contributed by atoms with Gasteiger partial charge in [-0.3, -0.25) is 0 Å². The van der Waals surface area contributed by atoms with Crippen LogP contribution < -0.4 is 26.2 Å². The van der Waals surface area contributed by atoms with Crippen LogP contribution in [0.3, 0.4) is 0 Å². The monoisotopic (exact) mass is 1120 g/mol. The summed E-state index contributed by atoms with van der Waals surface area (Å²) in [6, 6.07) is 71.7. The van der Waals surface area contributed by atoms with Crippen molar-refractivity contribution in [3.05, 3.63) is 221 Å². The van der Waals surface area contributed by atoms with Gasteiger partial charge in [-0.25, -0.2) is 0 Å². The second-order valence-electron chi connectivity index (χ2n) is 32.1. The molecule has 0 atom stereocenters. The molecule has 2 aliphatic heterocycles. The Labute approximate surface area is 512 Å². The van der Waals surface area contributed by atoms with E-state index in [2.05, 4.69) is 337 Å². The Bertz CT molecular complexity index is 4000. The maximum atomic E-state index is 2.71. The molecule has 0 saturated carbocycles. The van der Waals surface area contributed by atoms with Gasteiger partial charge in [0.1, 0.15) is 0 Å². The van der Waals surface area contributed by atoms with E-state index in [0.29, 0.717) is 0 Å². The second kappa shape index (κ2) is 20.7. The molecule has 0 spiro atoms. The summed E-state index contributed by atoms with van der Waals surface area (Å²) in [6.07, 6.45) is 0. The fourth-order valence-corrected chi connectivity index (χ4v) is 13.0. The first-order valence-electron chi connectivity index (χ1n) is 31.4. The Morgan fingerprint density at radius 1 is 0.235 bits per heavy atom. The van der Waals surface area contributed by atoms with Crippen LogP contribution in [-0.2, 0) is 37.9 Å². The molecule has 2 heterocycles. The minimum atomic E-state index is -0.125. The number of rotatable bonds is 6. The van der Waals surface area contributed by atoms with Gasteiger partial charge in [0, 0.05) is 33.9 Å². The average Bonchev–Trinajstić information content (AvgIpc) is 0.720. The molecular weight excluding hydrogens is 1020 g/mol. The normalized spacial score (nSPS) is 13.9. The minimum absolute atomic E-state index is 0.00460. The van der Waals surface area contributed by atoms with E-state index in [4.69, 9.17) is 0 Å². The summed E-state index contributed by atoms with van der Waals surface area (Å²) in [6.45, 7) is 49.4. The van der Waals surface area contributed by atoms with Crippen LogP contribution >= 0.6 is 0 Å². The Balaban J connectivity index is 1.36. The third-order valence-corrected chi connectivity index (χ3v) is 18.3. The molecule has 11 rings (SSSR count). The van der Waals surface area contributed by atoms with E-state index in [0.717, 1.165) is 0 Å². The van der Waals surface area contributed by atoms with Crippen LogP contribution in [0.1, 0.15) is 184 Å². The zero-order valence-corrected chi connectivity index (χ0v) is 55.3. The van der Waals surface area contributed by atoms with Crippen LogP contribution in [0.15, 0.2) is 182 Å². The topological polar surface area (TPSA) is 6.48 Å². The van der Waals surface area contributed by atoms with Gasteiger partial charge in [0.2, 0.25) is 0 Å². The third kappa shape index (κ3) is 11.2. The highest BCUT2D eigenvalue weighted by molar-refractivity contribution is 7.00. The van der Waals surface area contributed by atoms with Crippen LogP contribution in [0.2, 0.25) is 0 Å². The Hall–Kier alpha value is -7.36. The third-order valence-electron chi connectivity index (χ3n) is 18.3. The number of hydrogen-bond acceptors (Lipinski definition) is 2. The van der Waals surface area contributed by atoms with Crippen LogP contribution in [0.25, 0.3) is 44.5 Å². The van der Waals surface area contributed by atoms with E-state index < -0.39 is 0 Å². The predicted molar refractivity (Wildman–Crippen MR) is 373 cm³/mol. The van der Waals surface area contributed by atoms with Gasteiger partial charge in [-0.1, -0.05) is 291 Å². The zero-order valence-electron chi connectivity index (χ0n) is 55.3. The second-order valence-corrected chi connectivity index (χ2v) is 32.1. The largest absolute Gasteiger partial charge is 0.311 e. The lowest BCUT2D eigenvalue weighted by Gasteiger charge is -2.46. The SMILES string of the molecule is CC(C)(C)c1cc(-c2cc3c4c(c2)N(c2cc(C(C)(C)C)ccc2-c2ccccc2)c2cc(C(C)(C)C)ccc2B4c2cc(-c4ccc(C(C)(C)C)cc4C(C)(C)C)ccc2N3c2cc(C(C)(C)C)ccc2-c2ccccc2)cc(C(C)(C)C)c1. The number of benzene rings is 9. The first-order valence-corrected chi connectivity index (χ1v) is 31.4. The first kappa shape index (κ1) is 59.4. The molecule has 0 bridgehead atoms. The van der Waals surface area contributed by atoms with Crippen molar-refractivity contribution in [3.63, 3.8) is 0 Å². The lowest BCUT2D eigenvalue weighted by Crippen LogP contribution is -2.61. The highest BCUT2D eigenvalue weighted by atomic mass is 15.2. The summed E-state index contributed by atoms with van der Waals surface area (Å²) in [7, 11) is 0. The quantitative estimate of drug-likeness (QED) is 0.153. The molecule has 9 aromatic carbocycles. The molecule has 9 aromatic rings. The van der Waals surface area contributed by atoms with Crippen LogP contribution in [-0.4, -0.2) is 6.71 Å². The fraction of sp³-hybridized carbons (Fsp3) is 0.341. The van der Waals surface area contributed by atoms with E-state index in [9.17, 15) is 0 Å². The zero-order chi connectivity index (χ0) is 61.3. The number of fused-ring (bicyclic) bond motifs is 4. The number of nitrogens with zero attached hydrogens (tertiary/aromatic N) is 2. The smallest absolute Gasteiger partial charge is 0.252 e. The Morgan fingerprint density at radius 3 is 1.06 bits per heavy atom. The summed E-state index contributed by atoms with van der Waals surface area (Å²) in [5, 5.41) is 0. The van der Waals surface area contributed by atoms with Crippen molar-refractivity contribution in [2.24, 2.45) is 0 Å². The van der Waals surface area contributed by atoms with Gasteiger partial charge in [-0.05, 0) is 163 Å². The molecule has 434 valence electrons. The number of anilines is 6. The van der Waals surface area contributed by atoms with Crippen LogP contribution in [0.5, 0.6) is 0 Å². The highest BCUT2D eigenvalue weighted by Gasteiger charge is 2.46. The molecule has 0 unspecified atom stereocenters. The summed E-state index contributed by atoms with van der Waals surface area (Å²) in [5.41, 5.74) is 29.5. The summed E-state index contributed by atoms with van der Waals surface area (Å²) < 4.78 is 0. The van der Waals surface area contributed by atoms with Gasteiger partial charge in [0.05, 0.1) is 11.4 Å². The summed E-state index contributed by atoms with van der Waals surface area (Å²) in [4.78, 5) is 5.40. The van der Waals surface area contributed by atoms with Crippen molar-refractivity contribution in [3.8, 4) is 44.5 Å². The summed E-state index contributed by atoms with van der Waals surface area (Å²) in [5.74, 6) is 0. The van der Waals surface area contributed by atoms with E-state index in [1.165, 1.54) is 134 Å². The molecule has 0 aromatic heterocycles. The average molecular weight is 1120 g/mol. The molecule has 85 heavy (non-hydrogen) atoms. The molecule has 0 amide bonds. The van der Waals surface area contributed by atoms with Crippen molar-refractivity contribution in [1.29, 1.82) is 0 Å². The van der Waals surface area contributed by atoms with E-state index in [1.807, 2.05) is 0 Å². The standard InChI is InChI=1S/C82H93BN2/c1-76(2,3)57-33-37-63(66(48-57)82(19,20)21)54-32-41-69-68(44-54)83-67-40-36-60(79(10,11)12)51-72(67)85(71-50-59(78(7,8)9)35-39-65(71)53-30-26-23-27-31-53)74-46-56(55-42-61(80(13,14)15)47-62(43-55)81(16,17)18)45-73(75(74)83)84(69)70-49-58(77(4,5)6)34-38-64(70)52-28-24-22-25-29-52/h22-51H,1-21H3. The maximum absolute atomic E-state index is 2.71. The Kier molecular flexibility index (Phi) is 14.4. The van der Waals surface area contributed by atoms with Gasteiger partial charge < -0.3 is 9.80 Å². The maximum Gasteiger partial charge on any atom is 0.252 e. The molecule has 2 aliphatic rings. The van der Waals surface area contributed by atoms with Crippen molar-refractivity contribution >= 4 is 57.2 Å². The van der Waals surface area contributed by atoms with Crippen molar-refractivity contribution in [2.75, 3.05) is 9.80 Å². The van der Waals surface area contributed by atoms with E-state index in [1.54, 1.807) is 0 Å². The van der Waals surface area contributed by atoms with Crippen LogP contribution in [0.4, 0.5) is 34.1 Å². The van der Waals surface area contributed by atoms with E-state index in [-0.39, 0.29) is 44.6 Å². The highest BCUT2D eigenvalue weighted by Crippen LogP contribution is 2.52. The van der Waals surface area contributed by atoms with Crippen molar-refractivity contribution in [1.82, 2.24) is 0 Å². The number of hydrogen-bond donors (Lipinski definition) is 0. The molecular formula is C82H93BN2. The predicted octanol–water partition coefficient (Wildman–Crippen LogP) is 21.5. The fourth-order valence-electron chi connectivity index (χ4n) is 13.0.